The number of methoxy groups -OCH3 is 1. The number of nitrogens with zero attached hydrogens (tertiary/aromatic N) is 1. The second-order valence-electron chi connectivity index (χ2n) is 3.71. The SMILES string of the molecule is CCOC(=O)c1ncsc1-c1ccc(OC)c(N)c1. The van der Waals surface area contributed by atoms with Crippen LogP contribution in [0.15, 0.2) is 23.7 Å². The zero-order valence-corrected chi connectivity index (χ0v) is 11.5. The average molecular weight is 278 g/mol. The topological polar surface area (TPSA) is 74.4 Å². The molecule has 5 nitrogen and oxygen atoms in total. The third-order valence-corrected chi connectivity index (χ3v) is 3.40. The number of benzene rings is 1. The summed E-state index contributed by atoms with van der Waals surface area (Å²) in [6.45, 7) is 2.08. The first-order valence-corrected chi connectivity index (χ1v) is 6.59. The van der Waals surface area contributed by atoms with Crippen molar-refractivity contribution in [1.82, 2.24) is 4.98 Å². The quantitative estimate of drug-likeness (QED) is 0.687. The van der Waals surface area contributed by atoms with Gasteiger partial charge in [-0.25, -0.2) is 9.78 Å². The van der Waals surface area contributed by atoms with Crippen molar-refractivity contribution in [1.29, 1.82) is 0 Å². The van der Waals surface area contributed by atoms with Crippen LogP contribution in [0.3, 0.4) is 0 Å². The van der Waals surface area contributed by atoms with Gasteiger partial charge in [0.25, 0.3) is 0 Å². The molecule has 0 spiro atoms. The maximum atomic E-state index is 11.8. The van der Waals surface area contributed by atoms with Crippen molar-refractivity contribution in [2.45, 2.75) is 6.92 Å². The number of aromatic nitrogens is 1. The average Bonchev–Trinajstić information content (AvgIpc) is 2.88. The van der Waals surface area contributed by atoms with Crippen LogP contribution in [-0.4, -0.2) is 24.7 Å². The number of hydrogen-bond donors (Lipinski definition) is 1. The first-order valence-electron chi connectivity index (χ1n) is 5.71. The molecule has 0 saturated heterocycles. The van der Waals surface area contributed by atoms with Crippen LogP contribution < -0.4 is 10.5 Å². The molecule has 1 heterocycles. The fraction of sp³-hybridized carbons (Fsp3) is 0.231. The molecule has 1 aromatic heterocycles. The molecule has 6 heteroatoms. The van der Waals surface area contributed by atoms with E-state index in [1.165, 1.54) is 11.3 Å². The van der Waals surface area contributed by atoms with Crippen LogP contribution in [0.25, 0.3) is 10.4 Å². The van der Waals surface area contributed by atoms with Crippen molar-refractivity contribution in [3.63, 3.8) is 0 Å². The minimum atomic E-state index is -0.423. The number of thiazole rings is 1. The number of hydrogen-bond acceptors (Lipinski definition) is 6. The lowest BCUT2D eigenvalue weighted by Gasteiger charge is -2.07. The summed E-state index contributed by atoms with van der Waals surface area (Å²) in [6, 6.07) is 5.36. The first kappa shape index (κ1) is 13.4. The van der Waals surface area contributed by atoms with Gasteiger partial charge in [-0.15, -0.1) is 11.3 Å². The number of rotatable bonds is 4. The van der Waals surface area contributed by atoms with E-state index in [-0.39, 0.29) is 0 Å². The van der Waals surface area contributed by atoms with Gasteiger partial charge in [0.1, 0.15) is 5.75 Å². The summed E-state index contributed by atoms with van der Waals surface area (Å²) < 4.78 is 10.1. The molecule has 0 radical (unpaired) electrons. The molecule has 0 amide bonds. The fourth-order valence-corrected chi connectivity index (χ4v) is 2.45. The number of nitrogens with two attached hydrogens (primary N) is 1. The molecule has 2 aromatic rings. The van der Waals surface area contributed by atoms with Gasteiger partial charge >= 0.3 is 5.97 Å². The van der Waals surface area contributed by atoms with Gasteiger partial charge in [-0.3, -0.25) is 0 Å². The fourth-order valence-electron chi connectivity index (χ4n) is 1.67. The van der Waals surface area contributed by atoms with Gasteiger partial charge in [-0.2, -0.15) is 0 Å². The molecule has 0 aliphatic heterocycles. The third kappa shape index (κ3) is 2.68. The van der Waals surface area contributed by atoms with Gasteiger partial charge in [-0.1, -0.05) is 0 Å². The number of carbonyl (C=O) groups is 1. The Bertz CT molecular complexity index is 595. The summed E-state index contributed by atoms with van der Waals surface area (Å²) in [6.07, 6.45) is 0. The van der Waals surface area contributed by atoms with Crippen molar-refractivity contribution in [3.8, 4) is 16.2 Å². The monoisotopic (exact) mass is 278 g/mol. The minimum Gasteiger partial charge on any atom is -0.495 e. The highest BCUT2D eigenvalue weighted by atomic mass is 32.1. The van der Waals surface area contributed by atoms with Gasteiger partial charge in [0, 0.05) is 0 Å². The van der Waals surface area contributed by atoms with Crippen molar-refractivity contribution in [2.75, 3.05) is 19.5 Å². The smallest absolute Gasteiger partial charge is 0.358 e. The van der Waals surface area contributed by atoms with E-state index in [1.807, 2.05) is 6.07 Å². The van der Waals surface area contributed by atoms with E-state index in [0.717, 1.165) is 10.4 Å². The summed E-state index contributed by atoms with van der Waals surface area (Å²) in [5, 5.41) is 0. The number of ether oxygens (including phenoxy) is 2. The van der Waals surface area contributed by atoms with Gasteiger partial charge in [0.15, 0.2) is 5.69 Å². The molecule has 100 valence electrons. The molecule has 2 rings (SSSR count). The lowest BCUT2D eigenvalue weighted by molar-refractivity contribution is 0.0521. The number of esters is 1. The predicted octanol–water partition coefficient (Wildman–Crippen LogP) is 2.58. The molecule has 0 unspecified atom stereocenters. The lowest BCUT2D eigenvalue weighted by atomic mass is 10.1. The van der Waals surface area contributed by atoms with E-state index in [2.05, 4.69) is 4.98 Å². The highest BCUT2D eigenvalue weighted by molar-refractivity contribution is 7.13. The molecule has 1 aromatic carbocycles. The summed E-state index contributed by atoms with van der Waals surface area (Å²) in [5.74, 6) is 0.180. The van der Waals surface area contributed by atoms with Crippen LogP contribution in [0.5, 0.6) is 5.75 Å². The van der Waals surface area contributed by atoms with Crippen molar-refractivity contribution >= 4 is 23.0 Å². The molecular weight excluding hydrogens is 264 g/mol. The third-order valence-electron chi connectivity index (χ3n) is 2.53. The van der Waals surface area contributed by atoms with E-state index >= 15 is 0 Å². The van der Waals surface area contributed by atoms with E-state index in [1.54, 1.807) is 31.7 Å². The van der Waals surface area contributed by atoms with Crippen LogP contribution in [0.1, 0.15) is 17.4 Å². The van der Waals surface area contributed by atoms with Gasteiger partial charge in [-0.05, 0) is 30.7 Å². The van der Waals surface area contributed by atoms with Gasteiger partial charge in [0.05, 0.1) is 29.8 Å². The Hall–Kier alpha value is -2.08. The molecule has 0 aliphatic carbocycles. The predicted molar refractivity (Wildman–Crippen MR) is 74.5 cm³/mol. The standard InChI is InChI=1S/C13H14N2O3S/c1-3-18-13(16)11-12(19-7-15-11)8-4-5-10(17-2)9(14)6-8/h4-7H,3,14H2,1-2H3. The maximum absolute atomic E-state index is 11.8. The van der Waals surface area contributed by atoms with Crippen LogP contribution in [0, 0.1) is 0 Å². The summed E-state index contributed by atoms with van der Waals surface area (Å²) in [5.41, 5.74) is 9.13. The Morgan fingerprint density at radius 1 is 1.47 bits per heavy atom. The highest BCUT2D eigenvalue weighted by Gasteiger charge is 2.18. The molecule has 0 atom stereocenters. The van der Waals surface area contributed by atoms with Crippen molar-refractivity contribution in [2.24, 2.45) is 0 Å². The number of nitrogen functional groups attached to an aromatic ring is 1. The molecule has 0 saturated carbocycles. The minimum absolute atomic E-state index is 0.316. The molecular formula is C13H14N2O3S. The Balaban J connectivity index is 2.40. The van der Waals surface area contributed by atoms with E-state index in [4.69, 9.17) is 15.2 Å². The van der Waals surface area contributed by atoms with Crippen molar-refractivity contribution in [3.05, 3.63) is 29.4 Å². The molecule has 0 bridgehead atoms. The Kier molecular flexibility index (Phi) is 4.01. The molecule has 19 heavy (non-hydrogen) atoms. The number of anilines is 1. The molecule has 0 aliphatic rings. The number of carbonyl (C=O) groups excluding carboxylic acids is 1. The van der Waals surface area contributed by atoms with Crippen LogP contribution in [0.2, 0.25) is 0 Å². The van der Waals surface area contributed by atoms with E-state index in [0.29, 0.717) is 23.7 Å². The second-order valence-corrected chi connectivity index (χ2v) is 4.56. The highest BCUT2D eigenvalue weighted by Crippen LogP contribution is 2.32. The van der Waals surface area contributed by atoms with Crippen LogP contribution in [-0.2, 0) is 4.74 Å². The Morgan fingerprint density at radius 3 is 2.89 bits per heavy atom. The first-order chi connectivity index (χ1) is 9.17. The lowest BCUT2D eigenvalue weighted by Crippen LogP contribution is -2.06. The second kappa shape index (κ2) is 5.71. The van der Waals surface area contributed by atoms with Crippen LogP contribution in [0.4, 0.5) is 5.69 Å². The van der Waals surface area contributed by atoms with Crippen LogP contribution >= 0.6 is 11.3 Å². The normalized spacial score (nSPS) is 10.2. The molecule has 2 N–H and O–H groups in total. The van der Waals surface area contributed by atoms with Crippen molar-refractivity contribution < 1.29 is 14.3 Å². The zero-order valence-electron chi connectivity index (χ0n) is 10.7. The molecule has 0 fully saturated rings. The largest absolute Gasteiger partial charge is 0.495 e. The maximum Gasteiger partial charge on any atom is 0.358 e. The van der Waals surface area contributed by atoms with E-state index < -0.39 is 5.97 Å². The van der Waals surface area contributed by atoms with Gasteiger partial charge in [0.2, 0.25) is 0 Å². The van der Waals surface area contributed by atoms with E-state index in [9.17, 15) is 4.79 Å². The zero-order chi connectivity index (χ0) is 13.8. The summed E-state index contributed by atoms with van der Waals surface area (Å²) >= 11 is 1.37. The summed E-state index contributed by atoms with van der Waals surface area (Å²) in [4.78, 5) is 16.6. The Labute approximate surface area is 115 Å². The van der Waals surface area contributed by atoms with Gasteiger partial charge < -0.3 is 15.2 Å². The Morgan fingerprint density at radius 2 is 2.26 bits per heavy atom. The summed E-state index contributed by atoms with van der Waals surface area (Å²) in [7, 11) is 1.56.